The maximum atomic E-state index is 12.1. The minimum absolute atomic E-state index is 0.0472. The number of aromatic nitrogens is 1. The zero-order valence-corrected chi connectivity index (χ0v) is 15.9. The molecule has 5 heteroatoms. The van der Waals surface area contributed by atoms with E-state index in [4.69, 9.17) is 4.74 Å². The number of hydrogen-bond acceptors (Lipinski definition) is 5. The van der Waals surface area contributed by atoms with Gasteiger partial charge in [0.05, 0.1) is 11.0 Å². The first-order valence-corrected chi connectivity index (χ1v) is 10.5. The number of aromatic hydroxyl groups is 1. The van der Waals surface area contributed by atoms with Crippen LogP contribution in [0.25, 0.3) is 0 Å². The van der Waals surface area contributed by atoms with Gasteiger partial charge in [-0.15, -0.1) is 0 Å². The first kappa shape index (κ1) is 16.8. The van der Waals surface area contributed by atoms with Gasteiger partial charge in [0.2, 0.25) is 0 Å². The molecule has 2 bridgehead atoms. The number of pyridine rings is 1. The summed E-state index contributed by atoms with van der Waals surface area (Å²) in [6, 6.07) is 7.99. The Labute approximate surface area is 164 Å². The third kappa shape index (κ3) is 1.96. The van der Waals surface area contributed by atoms with E-state index in [0.717, 1.165) is 50.6 Å². The Hall–Kier alpha value is -2.11. The number of rotatable bonds is 2. The first-order valence-electron chi connectivity index (χ1n) is 10.5. The minimum Gasteiger partial charge on any atom is -0.504 e. The van der Waals surface area contributed by atoms with Crippen LogP contribution >= 0.6 is 0 Å². The van der Waals surface area contributed by atoms with Crippen molar-refractivity contribution in [2.75, 3.05) is 6.54 Å². The maximum absolute atomic E-state index is 12.1. The van der Waals surface area contributed by atoms with Crippen LogP contribution in [0.1, 0.15) is 42.4 Å². The monoisotopic (exact) mass is 378 g/mol. The van der Waals surface area contributed by atoms with Crippen LogP contribution in [0.4, 0.5) is 0 Å². The van der Waals surface area contributed by atoms with Crippen molar-refractivity contribution in [1.82, 2.24) is 10.3 Å². The van der Waals surface area contributed by atoms with E-state index in [1.807, 2.05) is 18.5 Å². The van der Waals surface area contributed by atoms with Crippen molar-refractivity contribution in [3.05, 3.63) is 53.3 Å². The lowest BCUT2D eigenvalue weighted by atomic mass is 9.49. The summed E-state index contributed by atoms with van der Waals surface area (Å²) in [5.41, 5.74) is 2.32. The van der Waals surface area contributed by atoms with Gasteiger partial charge in [0.25, 0.3) is 0 Å². The second kappa shape index (κ2) is 5.71. The summed E-state index contributed by atoms with van der Waals surface area (Å²) in [5.74, 6) is 1.14. The predicted molar refractivity (Wildman–Crippen MR) is 105 cm³/mol. The highest BCUT2D eigenvalue weighted by atomic mass is 16.5. The summed E-state index contributed by atoms with van der Waals surface area (Å²) in [4.78, 5) is 4.14. The van der Waals surface area contributed by atoms with Gasteiger partial charge in [-0.1, -0.05) is 6.07 Å². The summed E-state index contributed by atoms with van der Waals surface area (Å²) in [7, 11) is 0. The van der Waals surface area contributed by atoms with Gasteiger partial charge in [0.15, 0.2) is 11.5 Å². The minimum atomic E-state index is -0.824. The second-order valence-electron chi connectivity index (χ2n) is 9.05. The molecule has 3 heterocycles. The number of nitrogens with zero attached hydrogens (tertiary/aromatic N) is 1. The predicted octanol–water partition coefficient (Wildman–Crippen LogP) is 2.48. The van der Waals surface area contributed by atoms with Crippen LogP contribution in [0.15, 0.2) is 36.7 Å². The van der Waals surface area contributed by atoms with E-state index in [1.165, 1.54) is 11.1 Å². The molecule has 5 nitrogen and oxygen atoms in total. The molecule has 1 aromatic carbocycles. The highest BCUT2D eigenvalue weighted by Gasteiger charge is 2.70. The zero-order valence-electron chi connectivity index (χ0n) is 15.9. The van der Waals surface area contributed by atoms with Crippen LogP contribution < -0.4 is 10.1 Å². The van der Waals surface area contributed by atoms with Crippen LogP contribution in [0.2, 0.25) is 0 Å². The average molecular weight is 378 g/mol. The molecule has 28 heavy (non-hydrogen) atoms. The summed E-state index contributed by atoms with van der Waals surface area (Å²) < 4.78 is 6.56. The topological polar surface area (TPSA) is 74.6 Å². The summed E-state index contributed by atoms with van der Waals surface area (Å²) >= 11 is 0. The Morgan fingerprint density at radius 1 is 1.18 bits per heavy atom. The van der Waals surface area contributed by atoms with E-state index in [-0.39, 0.29) is 17.9 Å². The fourth-order valence-corrected chi connectivity index (χ4v) is 6.77. The lowest BCUT2D eigenvalue weighted by Gasteiger charge is -2.58. The zero-order chi connectivity index (χ0) is 18.9. The number of phenols is 1. The Bertz CT molecular complexity index is 933. The molecule has 1 aromatic heterocycles. The molecule has 0 radical (unpaired) electrons. The highest BCUT2D eigenvalue weighted by Crippen LogP contribution is 2.65. The molecule has 2 aliphatic carbocycles. The number of ether oxygens (including phenoxy) is 1. The molecule has 5 atom stereocenters. The fraction of sp³-hybridized carbons (Fsp3) is 0.522. The Kier molecular flexibility index (Phi) is 3.43. The molecule has 2 unspecified atom stereocenters. The van der Waals surface area contributed by atoms with Crippen molar-refractivity contribution < 1.29 is 14.9 Å². The van der Waals surface area contributed by atoms with Gasteiger partial charge in [-0.2, -0.15) is 0 Å². The van der Waals surface area contributed by atoms with Crippen molar-refractivity contribution in [3.63, 3.8) is 0 Å². The van der Waals surface area contributed by atoms with Gasteiger partial charge in [0.1, 0.15) is 6.10 Å². The molecular weight excluding hydrogens is 352 g/mol. The molecule has 0 amide bonds. The van der Waals surface area contributed by atoms with Crippen LogP contribution in [-0.4, -0.2) is 39.5 Å². The Morgan fingerprint density at radius 3 is 2.89 bits per heavy atom. The quantitative estimate of drug-likeness (QED) is 0.749. The number of phenolic OH excluding ortho intramolecular Hbond substituents is 1. The molecule has 2 aliphatic heterocycles. The molecule has 4 aliphatic rings. The van der Waals surface area contributed by atoms with Crippen LogP contribution in [0.5, 0.6) is 11.5 Å². The van der Waals surface area contributed by atoms with Crippen LogP contribution in [0.3, 0.4) is 0 Å². The van der Waals surface area contributed by atoms with Crippen molar-refractivity contribution >= 4 is 0 Å². The first-order chi connectivity index (χ1) is 13.6. The molecule has 2 fully saturated rings. The second-order valence-corrected chi connectivity index (χ2v) is 9.05. The molecule has 3 N–H and O–H groups in total. The number of benzene rings is 1. The lowest BCUT2D eigenvalue weighted by molar-refractivity contribution is -0.146. The van der Waals surface area contributed by atoms with E-state index in [0.29, 0.717) is 11.7 Å². The van der Waals surface area contributed by atoms with Gasteiger partial charge >= 0.3 is 0 Å². The van der Waals surface area contributed by atoms with E-state index >= 15 is 0 Å². The summed E-state index contributed by atoms with van der Waals surface area (Å²) in [6.45, 7) is 0.922. The van der Waals surface area contributed by atoms with Gasteiger partial charge in [-0.25, -0.2) is 0 Å². The Morgan fingerprint density at radius 2 is 2.04 bits per heavy atom. The molecule has 146 valence electrons. The molecule has 1 saturated heterocycles. The van der Waals surface area contributed by atoms with E-state index in [2.05, 4.69) is 22.4 Å². The fourth-order valence-electron chi connectivity index (χ4n) is 6.77. The molecule has 2 aromatic rings. The molecule has 1 saturated carbocycles. The normalized spacial score (nSPS) is 37.7. The lowest BCUT2D eigenvalue weighted by Crippen LogP contribution is -2.71. The SMILES string of the molecule is Oc1ccc2c3c1OC1[C@H](Cc4ccncc4)CC[C@@]4(O)[C@@H](C2)NCCCC314. The van der Waals surface area contributed by atoms with Gasteiger partial charge in [-0.3, -0.25) is 4.98 Å². The highest BCUT2D eigenvalue weighted by molar-refractivity contribution is 5.62. The molecular formula is C23H26N2O3. The standard InChI is InChI=1S/C23H26N2O3/c26-17-3-2-15-13-18-23(27)8-4-16(12-14-5-10-24-11-6-14)21-22(23,7-1-9-25-18)19(15)20(17)28-21/h2-3,5-6,10-11,16,18,21,25-27H,1,4,7-9,12-13H2/t16-,18+,21?,22?,23+/m0/s1. The van der Waals surface area contributed by atoms with Crippen molar-refractivity contribution in [2.24, 2.45) is 5.92 Å². The molecule has 1 spiro atoms. The largest absolute Gasteiger partial charge is 0.504 e. The van der Waals surface area contributed by atoms with Crippen LogP contribution in [0, 0.1) is 5.92 Å². The summed E-state index contributed by atoms with van der Waals surface area (Å²) in [6.07, 6.45) is 8.88. The smallest absolute Gasteiger partial charge is 0.165 e. The van der Waals surface area contributed by atoms with Crippen LogP contribution in [-0.2, 0) is 18.3 Å². The van der Waals surface area contributed by atoms with Gasteiger partial charge in [0, 0.05) is 29.9 Å². The maximum Gasteiger partial charge on any atom is 0.165 e. The van der Waals surface area contributed by atoms with Crippen molar-refractivity contribution in [2.45, 2.75) is 61.7 Å². The number of hydrogen-bond donors (Lipinski definition) is 3. The third-order valence-corrected chi connectivity index (χ3v) is 7.88. The van der Waals surface area contributed by atoms with E-state index < -0.39 is 11.0 Å². The van der Waals surface area contributed by atoms with Gasteiger partial charge in [-0.05, 0) is 74.4 Å². The summed E-state index contributed by atoms with van der Waals surface area (Å²) in [5, 5.41) is 26.4. The number of nitrogens with one attached hydrogen (secondary N) is 1. The van der Waals surface area contributed by atoms with Gasteiger partial charge < -0.3 is 20.3 Å². The van der Waals surface area contributed by atoms with Crippen molar-refractivity contribution in [1.29, 1.82) is 0 Å². The van der Waals surface area contributed by atoms with E-state index in [9.17, 15) is 10.2 Å². The van der Waals surface area contributed by atoms with E-state index in [1.54, 1.807) is 6.07 Å². The average Bonchev–Trinajstić information content (AvgIpc) is 3.03. The molecule has 6 rings (SSSR count). The number of aliphatic hydroxyl groups is 1. The van der Waals surface area contributed by atoms with Crippen molar-refractivity contribution in [3.8, 4) is 11.5 Å². The third-order valence-electron chi connectivity index (χ3n) is 7.88. The Balaban J connectivity index is 1.53.